The van der Waals surface area contributed by atoms with E-state index in [1.807, 2.05) is 0 Å². The van der Waals surface area contributed by atoms with E-state index in [9.17, 15) is 18.7 Å². The van der Waals surface area contributed by atoms with E-state index in [0.717, 1.165) is 12.1 Å². The first-order valence-corrected chi connectivity index (χ1v) is 6.04. The van der Waals surface area contributed by atoms with Gasteiger partial charge < -0.3 is 10.4 Å². The molecule has 2 aromatic carbocycles. The lowest BCUT2D eigenvalue weighted by Gasteiger charge is -2.15. The van der Waals surface area contributed by atoms with Gasteiger partial charge in [0.1, 0.15) is 11.6 Å². The molecule has 0 radical (unpaired) electrons. The smallest absolute Gasteiger partial charge is 0.312 e. The van der Waals surface area contributed by atoms with Crippen LogP contribution in [0.3, 0.4) is 0 Å². The summed E-state index contributed by atoms with van der Waals surface area (Å²) in [5.74, 6) is -3.24. The number of hydrogen-bond acceptors (Lipinski definition) is 2. The van der Waals surface area contributed by atoms with Gasteiger partial charge in [-0.25, -0.2) is 8.78 Å². The molecule has 2 rings (SSSR count). The second-order valence-corrected chi connectivity index (χ2v) is 4.31. The summed E-state index contributed by atoms with van der Waals surface area (Å²) in [7, 11) is 0. The highest BCUT2D eigenvalue weighted by atomic mass is 19.1. The summed E-state index contributed by atoms with van der Waals surface area (Å²) in [6.07, 6.45) is 0. The van der Waals surface area contributed by atoms with Gasteiger partial charge in [0, 0.05) is 12.6 Å². The first kappa shape index (κ1) is 14.0. The minimum atomic E-state index is -1.01. The molecule has 0 spiro atoms. The summed E-state index contributed by atoms with van der Waals surface area (Å²) in [6, 6.07) is 11.8. The Balaban J connectivity index is 2.12. The van der Waals surface area contributed by atoms with Crippen molar-refractivity contribution in [2.45, 2.75) is 5.92 Å². The SMILES string of the molecule is O=C(O)C(CNc1ccc(F)cc1F)c1ccccc1. The number of rotatable bonds is 5. The van der Waals surface area contributed by atoms with Crippen LogP contribution in [-0.4, -0.2) is 17.6 Å². The molecule has 0 aliphatic heterocycles. The maximum absolute atomic E-state index is 13.5. The van der Waals surface area contributed by atoms with E-state index >= 15 is 0 Å². The fourth-order valence-electron chi connectivity index (χ4n) is 1.88. The van der Waals surface area contributed by atoms with Crippen molar-refractivity contribution in [2.75, 3.05) is 11.9 Å². The quantitative estimate of drug-likeness (QED) is 0.882. The Labute approximate surface area is 114 Å². The standard InChI is InChI=1S/C15H13F2NO2/c16-11-6-7-14(13(17)8-11)18-9-12(15(19)20)10-4-2-1-3-5-10/h1-8,12,18H,9H2,(H,19,20). The van der Waals surface area contributed by atoms with Crippen LogP contribution in [0, 0.1) is 11.6 Å². The van der Waals surface area contributed by atoms with Gasteiger partial charge in [0.25, 0.3) is 0 Å². The van der Waals surface area contributed by atoms with Crippen molar-refractivity contribution in [3.63, 3.8) is 0 Å². The second kappa shape index (κ2) is 6.14. The Morgan fingerprint density at radius 3 is 2.45 bits per heavy atom. The number of aliphatic carboxylic acids is 1. The Hall–Kier alpha value is -2.43. The number of halogens is 2. The largest absolute Gasteiger partial charge is 0.481 e. The maximum Gasteiger partial charge on any atom is 0.312 e. The molecule has 104 valence electrons. The fraction of sp³-hybridized carbons (Fsp3) is 0.133. The Bertz CT molecular complexity index is 602. The van der Waals surface area contributed by atoms with Crippen LogP contribution >= 0.6 is 0 Å². The van der Waals surface area contributed by atoms with Crippen LogP contribution in [0.1, 0.15) is 11.5 Å². The van der Waals surface area contributed by atoms with Crippen molar-refractivity contribution in [3.8, 4) is 0 Å². The Morgan fingerprint density at radius 1 is 1.15 bits per heavy atom. The van der Waals surface area contributed by atoms with Crippen LogP contribution in [0.2, 0.25) is 0 Å². The predicted molar refractivity (Wildman–Crippen MR) is 71.7 cm³/mol. The number of carboxylic acids is 1. The molecule has 0 aliphatic rings. The molecule has 0 aromatic heterocycles. The zero-order chi connectivity index (χ0) is 14.5. The highest BCUT2D eigenvalue weighted by molar-refractivity contribution is 5.77. The summed E-state index contributed by atoms with van der Waals surface area (Å²) in [5, 5.41) is 11.9. The Morgan fingerprint density at radius 2 is 1.85 bits per heavy atom. The van der Waals surface area contributed by atoms with E-state index in [1.165, 1.54) is 6.07 Å². The topological polar surface area (TPSA) is 49.3 Å². The third kappa shape index (κ3) is 3.32. The second-order valence-electron chi connectivity index (χ2n) is 4.31. The summed E-state index contributed by atoms with van der Waals surface area (Å²) in [5.41, 5.74) is 0.698. The third-order valence-corrected chi connectivity index (χ3v) is 2.93. The molecule has 0 fully saturated rings. The normalized spacial score (nSPS) is 11.9. The minimum absolute atomic E-state index is 0.0158. The summed E-state index contributed by atoms with van der Waals surface area (Å²) in [4.78, 5) is 11.3. The predicted octanol–water partition coefficient (Wildman–Crippen LogP) is 3.25. The number of carbonyl (C=O) groups is 1. The fourth-order valence-corrected chi connectivity index (χ4v) is 1.88. The van der Waals surface area contributed by atoms with Crippen molar-refractivity contribution in [3.05, 3.63) is 65.7 Å². The van der Waals surface area contributed by atoms with Crippen molar-refractivity contribution < 1.29 is 18.7 Å². The van der Waals surface area contributed by atoms with E-state index < -0.39 is 23.5 Å². The molecule has 3 nitrogen and oxygen atoms in total. The molecule has 0 saturated carbocycles. The van der Waals surface area contributed by atoms with Crippen molar-refractivity contribution >= 4 is 11.7 Å². The number of nitrogens with one attached hydrogen (secondary N) is 1. The lowest BCUT2D eigenvalue weighted by molar-refractivity contribution is -0.138. The number of hydrogen-bond donors (Lipinski definition) is 2. The van der Waals surface area contributed by atoms with Crippen LogP contribution in [0.15, 0.2) is 48.5 Å². The molecule has 5 heteroatoms. The molecular weight excluding hydrogens is 264 g/mol. The molecule has 0 amide bonds. The van der Waals surface area contributed by atoms with Gasteiger partial charge in [-0.05, 0) is 17.7 Å². The molecule has 0 heterocycles. The zero-order valence-electron chi connectivity index (χ0n) is 10.5. The van der Waals surface area contributed by atoms with Crippen molar-refractivity contribution in [1.82, 2.24) is 0 Å². The van der Waals surface area contributed by atoms with Gasteiger partial charge in [0.2, 0.25) is 0 Å². The molecule has 2 N–H and O–H groups in total. The van der Waals surface area contributed by atoms with Crippen LogP contribution in [0.5, 0.6) is 0 Å². The van der Waals surface area contributed by atoms with Gasteiger partial charge in [-0.2, -0.15) is 0 Å². The van der Waals surface area contributed by atoms with Crippen molar-refractivity contribution in [2.24, 2.45) is 0 Å². The zero-order valence-corrected chi connectivity index (χ0v) is 10.5. The Kier molecular flexibility index (Phi) is 4.30. The van der Waals surface area contributed by atoms with Crippen LogP contribution in [0.4, 0.5) is 14.5 Å². The van der Waals surface area contributed by atoms with Crippen LogP contribution in [-0.2, 0) is 4.79 Å². The molecule has 1 unspecified atom stereocenters. The first-order valence-electron chi connectivity index (χ1n) is 6.04. The van der Waals surface area contributed by atoms with Crippen molar-refractivity contribution in [1.29, 1.82) is 0 Å². The average Bonchev–Trinajstić information content (AvgIpc) is 2.42. The van der Waals surface area contributed by atoms with E-state index in [1.54, 1.807) is 30.3 Å². The van der Waals surface area contributed by atoms with Gasteiger partial charge in [0.15, 0.2) is 0 Å². The van der Waals surface area contributed by atoms with Gasteiger partial charge in [-0.3, -0.25) is 4.79 Å². The summed E-state index contributed by atoms with van der Waals surface area (Å²) in [6.45, 7) is 0.0158. The van der Waals surface area contributed by atoms with Crippen LogP contribution in [0.25, 0.3) is 0 Å². The molecule has 0 saturated heterocycles. The monoisotopic (exact) mass is 277 g/mol. The summed E-state index contributed by atoms with van der Waals surface area (Å²) >= 11 is 0. The lowest BCUT2D eigenvalue weighted by atomic mass is 9.99. The molecule has 1 atom stereocenters. The summed E-state index contributed by atoms with van der Waals surface area (Å²) < 4.78 is 26.2. The lowest BCUT2D eigenvalue weighted by Crippen LogP contribution is -2.21. The maximum atomic E-state index is 13.5. The third-order valence-electron chi connectivity index (χ3n) is 2.93. The van der Waals surface area contributed by atoms with Gasteiger partial charge >= 0.3 is 5.97 Å². The minimum Gasteiger partial charge on any atom is -0.481 e. The number of benzene rings is 2. The highest BCUT2D eigenvalue weighted by Gasteiger charge is 2.19. The highest BCUT2D eigenvalue weighted by Crippen LogP contribution is 2.19. The molecule has 0 bridgehead atoms. The first-order chi connectivity index (χ1) is 9.58. The van der Waals surface area contributed by atoms with Gasteiger partial charge in [-0.1, -0.05) is 30.3 Å². The number of anilines is 1. The van der Waals surface area contributed by atoms with Gasteiger partial charge in [-0.15, -0.1) is 0 Å². The molecule has 0 aliphatic carbocycles. The van der Waals surface area contributed by atoms with E-state index in [4.69, 9.17) is 0 Å². The van der Waals surface area contributed by atoms with Crippen LogP contribution < -0.4 is 5.32 Å². The van der Waals surface area contributed by atoms with E-state index in [-0.39, 0.29) is 12.2 Å². The van der Waals surface area contributed by atoms with E-state index in [0.29, 0.717) is 5.56 Å². The molecule has 20 heavy (non-hydrogen) atoms. The molecule has 2 aromatic rings. The molecular formula is C15H13F2NO2. The number of carboxylic acid groups (broad SMARTS) is 1. The average molecular weight is 277 g/mol. The van der Waals surface area contributed by atoms with E-state index in [2.05, 4.69) is 5.32 Å². The van der Waals surface area contributed by atoms with Gasteiger partial charge in [0.05, 0.1) is 11.6 Å².